The van der Waals surface area contributed by atoms with E-state index in [-0.39, 0.29) is 12.0 Å². The van der Waals surface area contributed by atoms with Gasteiger partial charge >= 0.3 is 0 Å². The van der Waals surface area contributed by atoms with Gasteiger partial charge in [-0.3, -0.25) is 0 Å². The minimum absolute atomic E-state index is 0.0336. The smallest absolute Gasteiger partial charge is 0.217 e. The number of benzene rings is 2. The molecule has 2 atom stereocenters. The van der Waals surface area contributed by atoms with Gasteiger partial charge in [0.2, 0.25) is 10.0 Å². The van der Waals surface area contributed by atoms with Gasteiger partial charge in [-0.1, -0.05) is 62.4 Å². The normalized spacial score (nSPS) is 18.2. The van der Waals surface area contributed by atoms with Crippen molar-refractivity contribution in [3.8, 4) is 0 Å². The van der Waals surface area contributed by atoms with Gasteiger partial charge in [-0.05, 0) is 42.9 Å². The number of hydrogen-bond donors (Lipinski definition) is 1. The monoisotopic (exact) mass is 466 g/mol. The molecule has 4 rings (SSSR count). The number of aryl methyl sites for hydroxylation is 1. The van der Waals surface area contributed by atoms with E-state index in [0.717, 1.165) is 29.8 Å². The van der Waals surface area contributed by atoms with Crippen LogP contribution in [0.25, 0.3) is 0 Å². The summed E-state index contributed by atoms with van der Waals surface area (Å²) in [5, 5.41) is -0.432. The van der Waals surface area contributed by atoms with E-state index in [1.54, 1.807) is 10.6 Å². The summed E-state index contributed by atoms with van der Waals surface area (Å²) in [5.41, 5.74) is 4.42. The molecule has 6 nitrogen and oxygen atoms in total. The second kappa shape index (κ2) is 10.1. The van der Waals surface area contributed by atoms with E-state index in [1.165, 1.54) is 5.56 Å². The Morgan fingerprint density at radius 1 is 1.06 bits per heavy atom. The number of imidazole rings is 1. The van der Waals surface area contributed by atoms with Gasteiger partial charge in [-0.15, -0.1) is 0 Å². The van der Waals surface area contributed by atoms with E-state index in [0.29, 0.717) is 19.6 Å². The predicted molar refractivity (Wildman–Crippen MR) is 133 cm³/mol. The van der Waals surface area contributed by atoms with Gasteiger partial charge in [0, 0.05) is 31.0 Å². The van der Waals surface area contributed by atoms with E-state index >= 15 is 0 Å². The number of H-pyrrole nitrogens is 1. The Morgan fingerprint density at radius 3 is 2.48 bits per heavy atom. The van der Waals surface area contributed by atoms with Gasteiger partial charge in [0.1, 0.15) is 0 Å². The van der Waals surface area contributed by atoms with Crippen molar-refractivity contribution in [3.63, 3.8) is 0 Å². The highest BCUT2D eigenvalue weighted by Gasteiger charge is 2.37. The van der Waals surface area contributed by atoms with Crippen LogP contribution in [0.2, 0.25) is 0 Å². The SMILES string of the molecule is CC(C)C(C)S(=O)(=O)N1Cc2ccccc2N(Cc2cnc[nH]2)[C@H](CCc2ccccc2)C1. The maximum absolute atomic E-state index is 13.6. The summed E-state index contributed by atoms with van der Waals surface area (Å²) in [4.78, 5) is 9.78. The Kier molecular flexibility index (Phi) is 7.20. The lowest BCUT2D eigenvalue weighted by atomic mass is 10.0. The molecule has 0 saturated carbocycles. The van der Waals surface area contributed by atoms with Crippen LogP contribution in [0.1, 0.15) is 44.0 Å². The van der Waals surface area contributed by atoms with Crippen molar-refractivity contribution >= 4 is 15.7 Å². The standard InChI is InChI=1S/C26H34N4O2S/c1-20(2)21(3)33(31,32)29-16-23-11-7-8-12-26(23)30(17-24-15-27-19-28-24)25(18-29)14-13-22-9-5-4-6-10-22/h4-12,15,19-21,25H,13-14,16-18H2,1-3H3,(H,27,28)/t21?,25-/m1/s1. The molecular formula is C26H34N4O2S. The van der Waals surface area contributed by atoms with Crippen LogP contribution in [0, 0.1) is 5.92 Å². The lowest BCUT2D eigenvalue weighted by molar-refractivity contribution is 0.360. The number of sulfonamides is 1. The van der Waals surface area contributed by atoms with Crippen LogP contribution in [0.3, 0.4) is 0 Å². The molecule has 0 aliphatic carbocycles. The molecule has 1 aliphatic rings. The first-order valence-electron chi connectivity index (χ1n) is 11.7. The number of aromatic nitrogens is 2. The van der Waals surface area contributed by atoms with Crippen molar-refractivity contribution in [2.24, 2.45) is 5.92 Å². The Balaban J connectivity index is 1.72. The fraction of sp³-hybridized carbons (Fsp3) is 0.423. The largest absolute Gasteiger partial charge is 0.361 e. The summed E-state index contributed by atoms with van der Waals surface area (Å²) >= 11 is 0. The van der Waals surface area contributed by atoms with Gasteiger partial charge in [0.15, 0.2) is 0 Å². The summed E-state index contributed by atoms with van der Waals surface area (Å²) in [6, 6.07) is 18.6. The summed E-state index contributed by atoms with van der Waals surface area (Å²) < 4.78 is 29.0. The number of anilines is 1. The van der Waals surface area contributed by atoms with Crippen molar-refractivity contribution in [2.45, 2.75) is 58.0 Å². The minimum atomic E-state index is -3.44. The van der Waals surface area contributed by atoms with Crippen molar-refractivity contribution in [1.29, 1.82) is 0 Å². The van der Waals surface area contributed by atoms with E-state index in [4.69, 9.17) is 0 Å². The van der Waals surface area contributed by atoms with Crippen molar-refractivity contribution in [1.82, 2.24) is 14.3 Å². The molecule has 0 bridgehead atoms. The molecule has 0 spiro atoms. The van der Waals surface area contributed by atoms with Crippen LogP contribution >= 0.6 is 0 Å². The second-order valence-electron chi connectivity index (χ2n) is 9.30. The number of nitrogens with zero attached hydrogens (tertiary/aromatic N) is 3. The number of fused-ring (bicyclic) bond motifs is 1. The highest BCUT2D eigenvalue weighted by atomic mass is 32.2. The summed E-state index contributed by atoms with van der Waals surface area (Å²) in [6.07, 6.45) is 5.28. The fourth-order valence-electron chi connectivity index (χ4n) is 4.48. The minimum Gasteiger partial charge on any atom is -0.361 e. The molecule has 1 N–H and O–H groups in total. The molecule has 7 heteroatoms. The number of hydrogen-bond acceptors (Lipinski definition) is 4. The quantitative estimate of drug-likeness (QED) is 0.526. The average molecular weight is 467 g/mol. The summed E-state index contributed by atoms with van der Waals surface area (Å²) in [7, 11) is -3.44. The Bertz CT molecular complexity index is 1130. The van der Waals surface area contributed by atoms with Gasteiger partial charge in [-0.25, -0.2) is 13.4 Å². The highest BCUT2D eigenvalue weighted by Crippen LogP contribution is 2.33. The number of rotatable bonds is 8. The molecule has 33 heavy (non-hydrogen) atoms. The maximum Gasteiger partial charge on any atom is 0.217 e. The van der Waals surface area contributed by atoms with Crippen molar-refractivity contribution in [2.75, 3.05) is 11.4 Å². The molecule has 2 aromatic carbocycles. The van der Waals surface area contributed by atoms with Crippen LogP contribution in [-0.2, 0) is 29.5 Å². The number of para-hydroxylation sites is 1. The first-order chi connectivity index (χ1) is 15.9. The zero-order chi connectivity index (χ0) is 23.4. The Labute approximate surface area is 197 Å². The van der Waals surface area contributed by atoms with Crippen LogP contribution < -0.4 is 4.90 Å². The van der Waals surface area contributed by atoms with E-state index < -0.39 is 15.3 Å². The lowest BCUT2D eigenvalue weighted by Crippen LogP contribution is -2.46. The van der Waals surface area contributed by atoms with Crippen LogP contribution in [-0.4, -0.2) is 40.5 Å². The lowest BCUT2D eigenvalue weighted by Gasteiger charge is -2.34. The zero-order valence-corrected chi connectivity index (χ0v) is 20.5. The third kappa shape index (κ3) is 5.31. The zero-order valence-electron chi connectivity index (χ0n) is 19.7. The summed E-state index contributed by atoms with van der Waals surface area (Å²) in [5.74, 6) is 0.0531. The Hall–Kier alpha value is -2.64. The van der Waals surface area contributed by atoms with Gasteiger partial charge < -0.3 is 9.88 Å². The molecule has 1 aromatic heterocycles. The van der Waals surface area contributed by atoms with E-state index in [1.807, 2.05) is 45.2 Å². The van der Waals surface area contributed by atoms with Gasteiger partial charge in [0.05, 0.1) is 23.8 Å². The molecule has 1 unspecified atom stereocenters. The van der Waals surface area contributed by atoms with Gasteiger partial charge in [0.25, 0.3) is 0 Å². The van der Waals surface area contributed by atoms with E-state index in [9.17, 15) is 8.42 Å². The fourth-order valence-corrected chi connectivity index (χ4v) is 6.33. The predicted octanol–water partition coefficient (Wildman–Crippen LogP) is 4.61. The molecule has 176 valence electrons. The van der Waals surface area contributed by atoms with Crippen LogP contribution in [0.15, 0.2) is 67.1 Å². The molecule has 1 aliphatic heterocycles. The molecule has 2 heterocycles. The highest BCUT2D eigenvalue weighted by molar-refractivity contribution is 7.89. The molecule has 0 fully saturated rings. The second-order valence-corrected chi connectivity index (χ2v) is 11.6. The molecular weight excluding hydrogens is 432 g/mol. The third-order valence-electron chi connectivity index (χ3n) is 6.78. The van der Waals surface area contributed by atoms with Gasteiger partial charge in [-0.2, -0.15) is 4.31 Å². The number of nitrogens with one attached hydrogen (secondary N) is 1. The maximum atomic E-state index is 13.6. The van der Waals surface area contributed by atoms with Crippen LogP contribution in [0.5, 0.6) is 0 Å². The third-order valence-corrected chi connectivity index (χ3v) is 9.26. The average Bonchev–Trinajstić information content (AvgIpc) is 3.27. The van der Waals surface area contributed by atoms with Crippen LogP contribution in [0.4, 0.5) is 5.69 Å². The summed E-state index contributed by atoms with van der Waals surface area (Å²) in [6.45, 7) is 7.31. The Morgan fingerprint density at radius 2 is 1.79 bits per heavy atom. The molecule has 3 aromatic rings. The molecule has 0 radical (unpaired) electrons. The number of aromatic amines is 1. The first kappa shape index (κ1) is 23.5. The van der Waals surface area contributed by atoms with E-state index in [2.05, 4.69) is 51.3 Å². The molecule has 0 amide bonds. The van der Waals surface area contributed by atoms with Crippen molar-refractivity contribution in [3.05, 3.63) is 83.9 Å². The first-order valence-corrected chi connectivity index (χ1v) is 13.2. The molecule has 0 saturated heterocycles. The van der Waals surface area contributed by atoms with Crippen molar-refractivity contribution < 1.29 is 8.42 Å². The topological polar surface area (TPSA) is 69.3 Å².